The monoisotopic (exact) mass is 377 g/mol. The lowest BCUT2D eigenvalue weighted by atomic mass is 10.1. The molecule has 0 aromatic heterocycles. The molecule has 0 fully saturated rings. The second-order valence-electron chi connectivity index (χ2n) is 6.48. The van der Waals surface area contributed by atoms with Crippen LogP contribution >= 0.6 is 0 Å². The average Bonchev–Trinajstić information content (AvgIpc) is 2.69. The Hall–Kier alpha value is -3.34. The summed E-state index contributed by atoms with van der Waals surface area (Å²) >= 11 is 0. The van der Waals surface area contributed by atoms with Crippen LogP contribution in [0, 0.1) is 6.92 Å². The van der Waals surface area contributed by atoms with Gasteiger partial charge in [0.1, 0.15) is 5.75 Å². The van der Waals surface area contributed by atoms with Gasteiger partial charge in [0, 0.05) is 11.1 Å². The predicted molar refractivity (Wildman–Crippen MR) is 110 cm³/mol. The van der Waals surface area contributed by atoms with E-state index in [1.165, 1.54) is 0 Å². The van der Waals surface area contributed by atoms with Gasteiger partial charge in [-0.15, -0.1) is 0 Å². The molecule has 0 spiro atoms. The Bertz CT molecular complexity index is 1010. The molecule has 5 heteroatoms. The Labute approximate surface area is 164 Å². The van der Waals surface area contributed by atoms with Crippen molar-refractivity contribution in [2.75, 3.05) is 11.9 Å². The Balaban J connectivity index is 1.71. The number of carbonyl (C=O) groups is 2. The normalized spacial score (nSPS) is 11.7. The maximum atomic E-state index is 12.6. The van der Waals surface area contributed by atoms with Gasteiger partial charge in [-0.25, -0.2) is 4.79 Å². The first-order chi connectivity index (χ1) is 13.5. The maximum Gasteiger partial charge on any atom is 0.338 e. The lowest BCUT2D eigenvalue weighted by Gasteiger charge is -2.17. The SMILES string of the molecule is CCOC(=O)c1ccc(NC(=O)[C@@H](C)Oc2cccc3ccccc23)c(C)c1. The van der Waals surface area contributed by atoms with E-state index in [1.807, 2.05) is 49.4 Å². The van der Waals surface area contributed by atoms with Crippen molar-refractivity contribution in [1.29, 1.82) is 0 Å². The number of amides is 1. The highest BCUT2D eigenvalue weighted by Crippen LogP contribution is 2.26. The van der Waals surface area contributed by atoms with Crippen LogP contribution in [0.1, 0.15) is 29.8 Å². The van der Waals surface area contributed by atoms with Crippen molar-refractivity contribution in [3.05, 3.63) is 71.8 Å². The van der Waals surface area contributed by atoms with E-state index in [9.17, 15) is 9.59 Å². The number of nitrogens with one attached hydrogen (secondary N) is 1. The van der Waals surface area contributed by atoms with Crippen LogP contribution in [-0.4, -0.2) is 24.6 Å². The first-order valence-electron chi connectivity index (χ1n) is 9.22. The summed E-state index contributed by atoms with van der Waals surface area (Å²) in [4.78, 5) is 24.4. The molecule has 3 aromatic rings. The van der Waals surface area contributed by atoms with E-state index in [0.29, 0.717) is 23.6 Å². The van der Waals surface area contributed by atoms with Gasteiger partial charge in [-0.1, -0.05) is 36.4 Å². The molecule has 0 aliphatic heterocycles. The van der Waals surface area contributed by atoms with Crippen LogP contribution in [0.2, 0.25) is 0 Å². The molecule has 144 valence electrons. The van der Waals surface area contributed by atoms with Crippen LogP contribution in [0.25, 0.3) is 10.8 Å². The summed E-state index contributed by atoms with van der Waals surface area (Å²) in [5.41, 5.74) is 1.86. The van der Waals surface area contributed by atoms with Gasteiger partial charge in [-0.3, -0.25) is 4.79 Å². The van der Waals surface area contributed by atoms with Gasteiger partial charge in [0.15, 0.2) is 6.10 Å². The van der Waals surface area contributed by atoms with E-state index in [1.54, 1.807) is 32.0 Å². The molecule has 3 rings (SSSR count). The van der Waals surface area contributed by atoms with Gasteiger partial charge < -0.3 is 14.8 Å². The van der Waals surface area contributed by atoms with E-state index < -0.39 is 6.10 Å². The molecule has 1 amide bonds. The van der Waals surface area contributed by atoms with Crippen molar-refractivity contribution in [2.24, 2.45) is 0 Å². The van der Waals surface area contributed by atoms with E-state index in [-0.39, 0.29) is 11.9 Å². The molecule has 0 saturated carbocycles. The Kier molecular flexibility index (Phi) is 5.94. The molecule has 0 bridgehead atoms. The third-order valence-corrected chi connectivity index (χ3v) is 4.42. The van der Waals surface area contributed by atoms with Crippen LogP contribution in [0.4, 0.5) is 5.69 Å². The van der Waals surface area contributed by atoms with Gasteiger partial charge in [-0.05, 0) is 56.0 Å². The van der Waals surface area contributed by atoms with Crippen molar-refractivity contribution in [2.45, 2.75) is 26.9 Å². The first kappa shape index (κ1) is 19.4. The molecule has 0 heterocycles. The van der Waals surface area contributed by atoms with Gasteiger partial charge in [0.2, 0.25) is 0 Å². The van der Waals surface area contributed by atoms with E-state index in [4.69, 9.17) is 9.47 Å². The lowest BCUT2D eigenvalue weighted by Crippen LogP contribution is -2.30. The Morgan fingerprint density at radius 3 is 2.54 bits per heavy atom. The molecule has 0 aliphatic carbocycles. The van der Waals surface area contributed by atoms with E-state index in [2.05, 4.69) is 5.32 Å². The third-order valence-electron chi connectivity index (χ3n) is 4.42. The number of aryl methyl sites for hydroxylation is 1. The summed E-state index contributed by atoms with van der Waals surface area (Å²) in [6.07, 6.45) is -0.685. The van der Waals surface area contributed by atoms with Gasteiger partial charge in [0.05, 0.1) is 12.2 Å². The minimum Gasteiger partial charge on any atom is -0.480 e. The number of hydrogen-bond acceptors (Lipinski definition) is 4. The van der Waals surface area contributed by atoms with Crippen LogP contribution in [0.15, 0.2) is 60.7 Å². The van der Waals surface area contributed by atoms with E-state index >= 15 is 0 Å². The zero-order valence-corrected chi connectivity index (χ0v) is 16.2. The van der Waals surface area contributed by atoms with Crippen LogP contribution in [0.5, 0.6) is 5.75 Å². The van der Waals surface area contributed by atoms with Crippen molar-refractivity contribution >= 4 is 28.3 Å². The summed E-state index contributed by atoms with van der Waals surface area (Å²) in [5.74, 6) is 0.0196. The van der Waals surface area contributed by atoms with Crippen LogP contribution in [0.3, 0.4) is 0 Å². The molecule has 0 unspecified atom stereocenters. The molecule has 0 radical (unpaired) electrons. The summed E-state index contributed by atoms with van der Waals surface area (Å²) in [6.45, 7) is 5.62. The number of benzene rings is 3. The maximum absolute atomic E-state index is 12.6. The Morgan fingerprint density at radius 1 is 1.04 bits per heavy atom. The molecule has 5 nitrogen and oxygen atoms in total. The highest BCUT2D eigenvalue weighted by Gasteiger charge is 2.17. The minimum atomic E-state index is -0.685. The number of ether oxygens (including phenoxy) is 2. The topological polar surface area (TPSA) is 64.6 Å². The lowest BCUT2D eigenvalue weighted by molar-refractivity contribution is -0.122. The fourth-order valence-corrected chi connectivity index (χ4v) is 2.92. The average molecular weight is 377 g/mol. The number of rotatable bonds is 6. The van der Waals surface area contributed by atoms with Crippen LogP contribution < -0.4 is 10.1 Å². The van der Waals surface area contributed by atoms with E-state index in [0.717, 1.165) is 16.3 Å². The van der Waals surface area contributed by atoms with Crippen molar-refractivity contribution in [3.8, 4) is 5.75 Å². The fourth-order valence-electron chi connectivity index (χ4n) is 2.92. The summed E-state index contributed by atoms with van der Waals surface area (Å²) in [7, 11) is 0. The standard InChI is InChI=1S/C23H23NO4/c1-4-27-23(26)18-12-13-20(15(2)14-18)24-22(25)16(3)28-21-11-7-9-17-8-5-6-10-19(17)21/h5-14,16H,4H2,1-3H3,(H,24,25)/t16-/m1/s1. The number of hydrogen-bond donors (Lipinski definition) is 1. The minimum absolute atomic E-state index is 0.264. The quantitative estimate of drug-likeness (QED) is 0.631. The third kappa shape index (κ3) is 4.31. The van der Waals surface area contributed by atoms with Crippen molar-refractivity contribution < 1.29 is 19.1 Å². The zero-order chi connectivity index (χ0) is 20.1. The Morgan fingerprint density at radius 2 is 1.79 bits per heavy atom. The van der Waals surface area contributed by atoms with Gasteiger partial charge in [0.25, 0.3) is 5.91 Å². The highest BCUT2D eigenvalue weighted by atomic mass is 16.5. The molecule has 3 aromatic carbocycles. The molecule has 1 N–H and O–H groups in total. The smallest absolute Gasteiger partial charge is 0.338 e. The molecule has 28 heavy (non-hydrogen) atoms. The molecule has 1 atom stereocenters. The number of fused-ring (bicyclic) bond motifs is 1. The summed E-state index contributed by atoms with van der Waals surface area (Å²) < 4.78 is 10.9. The number of esters is 1. The van der Waals surface area contributed by atoms with Crippen molar-refractivity contribution in [3.63, 3.8) is 0 Å². The first-order valence-corrected chi connectivity index (χ1v) is 9.22. The highest BCUT2D eigenvalue weighted by molar-refractivity contribution is 5.96. The zero-order valence-electron chi connectivity index (χ0n) is 16.2. The summed E-state index contributed by atoms with van der Waals surface area (Å²) in [6, 6.07) is 18.7. The largest absolute Gasteiger partial charge is 0.480 e. The van der Waals surface area contributed by atoms with Crippen LogP contribution in [-0.2, 0) is 9.53 Å². The summed E-state index contributed by atoms with van der Waals surface area (Å²) in [5, 5.41) is 4.87. The predicted octanol–water partition coefficient (Wildman–Crippen LogP) is 4.73. The van der Waals surface area contributed by atoms with Crippen molar-refractivity contribution in [1.82, 2.24) is 0 Å². The second kappa shape index (κ2) is 8.57. The number of anilines is 1. The van der Waals surface area contributed by atoms with Gasteiger partial charge in [-0.2, -0.15) is 0 Å². The molecular weight excluding hydrogens is 354 g/mol. The molecule has 0 saturated heterocycles. The molecule has 0 aliphatic rings. The second-order valence-corrected chi connectivity index (χ2v) is 6.48. The van der Waals surface area contributed by atoms with Gasteiger partial charge >= 0.3 is 5.97 Å². The fraction of sp³-hybridized carbons (Fsp3) is 0.217. The molecular formula is C23H23NO4. The number of carbonyl (C=O) groups excluding carboxylic acids is 2.